The minimum atomic E-state index is -0.0392. The molecule has 0 unspecified atom stereocenters. The van der Waals surface area contributed by atoms with Gasteiger partial charge in [0.05, 0.1) is 11.9 Å². The van der Waals surface area contributed by atoms with Gasteiger partial charge in [-0.3, -0.25) is 9.78 Å². The van der Waals surface area contributed by atoms with E-state index in [-0.39, 0.29) is 11.8 Å². The molecule has 22 heavy (non-hydrogen) atoms. The third kappa shape index (κ3) is 4.55. The van der Waals surface area contributed by atoms with Gasteiger partial charge >= 0.3 is 0 Å². The number of hydrogen-bond donors (Lipinski definition) is 1. The Hall–Kier alpha value is -2.43. The van der Waals surface area contributed by atoms with Crippen molar-refractivity contribution >= 4 is 17.4 Å². The molecule has 0 saturated carbocycles. The number of hydrogen-bond acceptors (Lipinski definition) is 4. The average molecular weight is 298 g/mol. The third-order valence-electron chi connectivity index (χ3n) is 3.42. The second-order valence-corrected chi connectivity index (χ2v) is 5.58. The molecule has 0 aliphatic carbocycles. The molecule has 5 heteroatoms. The molecule has 2 aromatic heterocycles. The molecule has 5 nitrogen and oxygen atoms in total. The zero-order valence-corrected chi connectivity index (χ0v) is 13.3. The van der Waals surface area contributed by atoms with E-state index in [0.717, 1.165) is 24.5 Å². The van der Waals surface area contributed by atoms with E-state index in [1.807, 2.05) is 45.2 Å². The number of amides is 1. The second kappa shape index (κ2) is 7.54. The number of carbonyl (C=O) groups is 1. The first-order valence-corrected chi connectivity index (χ1v) is 7.43. The Kier molecular flexibility index (Phi) is 5.47. The molecule has 0 fully saturated rings. The van der Waals surface area contributed by atoms with Gasteiger partial charge in [0.2, 0.25) is 5.91 Å². The van der Waals surface area contributed by atoms with Crippen LogP contribution in [0.2, 0.25) is 0 Å². The molecule has 2 heterocycles. The Balaban J connectivity index is 1.90. The molecular formula is C17H22N4O. The molecule has 0 atom stereocenters. The fourth-order valence-electron chi connectivity index (χ4n) is 1.93. The summed E-state index contributed by atoms with van der Waals surface area (Å²) in [5.74, 6) is 0.847. The first-order valence-electron chi connectivity index (χ1n) is 7.43. The van der Waals surface area contributed by atoms with Crippen molar-refractivity contribution < 1.29 is 4.79 Å². The Bertz CT molecular complexity index is 596. The minimum Gasteiger partial charge on any atom is -0.359 e. The quantitative estimate of drug-likeness (QED) is 0.891. The normalized spacial score (nSPS) is 10.5. The summed E-state index contributed by atoms with van der Waals surface area (Å²) in [5.41, 5.74) is 1.98. The highest BCUT2D eigenvalue weighted by Gasteiger charge is 2.08. The Morgan fingerprint density at radius 2 is 1.95 bits per heavy atom. The van der Waals surface area contributed by atoms with Gasteiger partial charge in [-0.25, -0.2) is 4.98 Å². The van der Waals surface area contributed by atoms with Crippen molar-refractivity contribution in [2.75, 3.05) is 23.8 Å². The Morgan fingerprint density at radius 1 is 1.23 bits per heavy atom. The highest BCUT2D eigenvalue weighted by atomic mass is 16.1. The van der Waals surface area contributed by atoms with Crippen LogP contribution >= 0.6 is 0 Å². The molecule has 0 radical (unpaired) electrons. The summed E-state index contributed by atoms with van der Waals surface area (Å²) in [6.45, 7) is 4.60. The summed E-state index contributed by atoms with van der Waals surface area (Å²) in [6, 6.07) is 7.84. The molecule has 1 N–H and O–H groups in total. The van der Waals surface area contributed by atoms with Gasteiger partial charge in [0.1, 0.15) is 5.82 Å². The van der Waals surface area contributed by atoms with Gasteiger partial charge in [-0.15, -0.1) is 0 Å². The smallest absolute Gasteiger partial charge is 0.226 e. The molecule has 2 rings (SSSR count). The summed E-state index contributed by atoms with van der Waals surface area (Å²) < 4.78 is 0. The molecular weight excluding hydrogens is 276 g/mol. The number of rotatable bonds is 6. The van der Waals surface area contributed by atoms with Gasteiger partial charge < -0.3 is 10.2 Å². The van der Waals surface area contributed by atoms with Gasteiger partial charge in [-0.1, -0.05) is 13.8 Å². The molecule has 2 aromatic rings. The van der Waals surface area contributed by atoms with E-state index in [1.165, 1.54) is 5.56 Å². The van der Waals surface area contributed by atoms with Crippen LogP contribution in [0.3, 0.4) is 0 Å². The third-order valence-corrected chi connectivity index (χ3v) is 3.42. The predicted octanol–water partition coefficient (Wildman–Crippen LogP) is 2.75. The summed E-state index contributed by atoms with van der Waals surface area (Å²) in [5, 5.41) is 2.84. The molecule has 0 spiro atoms. The fraction of sp³-hybridized carbons (Fsp3) is 0.353. The number of likely N-dealkylation sites (N-methyl/N-ethyl adjacent to an activating group) is 1. The van der Waals surface area contributed by atoms with E-state index in [1.54, 1.807) is 18.6 Å². The van der Waals surface area contributed by atoms with Gasteiger partial charge in [-0.05, 0) is 36.2 Å². The maximum Gasteiger partial charge on any atom is 0.226 e. The SMILES string of the molecule is CC(C)C(=O)Nc1ccc(N(C)CCc2ccncc2)nc1. The molecule has 1 amide bonds. The van der Waals surface area contributed by atoms with Crippen LogP contribution in [0.15, 0.2) is 42.9 Å². The van der Waals surface area contributed by atoms with E-state index in [0.29, 0.717) is 0 Å². The van der Waals surface area contributed by atoms with Crippen LogP contribution in [0, 0.1) is 5.92 Å². The highest BCUT2D eigenvalue weighted by Crippen LogP contribution is 2.14. The van der Waals surface area contributed by atoms with E-state index in [2.05, 4.69) is 20.2 Å². The van der Waals surface area contributed by atoms with Crippen molar-refractivity contribution in [1.82, 2.24) is 9.97 Å². The number of carbonyl (C=O) groups excluding carboxylic acids is 1. The molecule has 116 valence electrons. The van der Waals surface area contributed by atoms with Gasteiger partial charge in [-0.2, -0.15) is 0 Å². The van der Waals surface area contributed by atoms with Crippen LogP contribution in [-0.4, -0.2) is 29.5 Å². The summed E-state index contributed by atoms with van der Waals surface area (Å²) in [7, 11) is 2.01. The largest absolute Gasteiger partial charge is 0.359 e. The molecule has 0 bridgehead atoms. The van der Waals surface area contributed by atoms with Gasteiger partial charge in [0, 0.05) is 31.9 Å². The van der Waals surface area contributed by atoms with Crippen molar-refractivity contribution in [3.63, 3.8) is 0 Å². The number of nitrogens with zero attached hydrogens (tertiary/aromatic N) is 3. The molecule has 0 saturated heterocycles. The van der Waals surface area contributed by atoms with E-state index < -0.39 is 0 Å². The molecule has 0 aromatic carbocycles. The van der Waals surface area contributed by atoms with Crippen LogP contribution < -0.4 is 10.2 Å². The second-order valence-electron chi connectivity index (χ2n) is 5.58. The lowest BCUT2D eigenvalue weighted by Crippen LogP contribution is -2.22. The van der Waals surface area contributed by atoms with Crippen molar-refractivity contribution in [2.45, 2.75) is 20.3 Å². The van der Waals surface area contributed by atoms with E-state index in [4.69, 9.17) is 0 Å². The number of nitrogens with one attached hydrogen (secondary N) is 1. The van der Waals surface area contributed by atoms with E-state index in [9.17, 15) is 4.79 Å². The van der Waals surface area contributed by atoms with Gasteiger partial charge in [0.25, 0.3) is 0 Å². The maximum absolute atomic E-state index is 11.6. The van der Waals surface area contributed by atoms with Crippen molar-refractivity contribution in [1.29, 1.82) is 0 Å². The lowest BCUT2D eigenvalue weighted by Gasteiger charge is -2.18. The van der Waals surface area contributed by atoms with Crippen molar-refractivity contribution in [3.05, 3.63) is 48.4 Å². The monoisotopic (exact) mass is 298 g/mol. The molecule has 0 aliphatic rings. The molecule has 0 aliphatic heterocycles. The Morgan fingerprint density at radius 3 is 2.55 bits per heavy atom. The lowest BCUT2D eigenvalue weighted by atomic mass is 10.2. The van der Waals surface area contributed by atoms with Crippen LogP contribution in [0.4, 0.5) is 11.5 Å². The number of pyridine rings is 2. The Labute approximate surface area is 131 Å². The van der Waals surface area contributed by atoms with Crippen molar-refractivity contribution in [3.8, 4) is 0 Å². The number of aromatic nitrogens is 2. The van der Waals surface area contributed by atoms with Crippen LogP contribution in [-0.2, 0) is 11.2 Å². The summed E-state index contributed by atoms with van der Waals surface area (Å²) in [6.07, 6.45) is 6.24. The lowest BCUT2D eigenvalue weighted by molar-refractivity contribution is -0.118. The standard InChI is InChI=1S/C17H22N4O/c1-13(2)17(22)20-15-4-5-16(19-12-15)21(3)11-8-14-6-9-18-10-7-14/h4-7,9-10,12-13H,8,11H2,1-3H3,(H,20,22). The van der Waals surface area contributed by atoms with Crippen LogP contribution in [0.1, 0.15) is 19.4 Å². The topological polar surface area (TPSA) is 58.1 Å². The van der Waals surface area contributed by atoms with Gasteiger partial charge in [0.15, 0.2) is 0 Å². The highest BCUT2D eigenvalue weighted by molar-refractivity contribution is 5.91. The van der Waals surface area contributed by atoms with Crippen molar-refractivity contribution in [2.24, 2.45) is 5.92 Å². The first kappa shape index (κ1) is 15.9. The average Bonchev–Trinajstić information content (AvgIpc) is 2.54. The summed E-state index contributed by atoms with van der Waals surface area (Å²) >= 11 is 0. The zero-order chi connectivity index (χ0) is 15.9. The fourth-order valence-corrected chi connectivity index (χ4v) is 1.93. The maximum atomic E-state index is 11.6. The predicted molar refractivity (Wildman–Crippen MR) is 88.9 cm³/mol. The number of anilines is 2. The van der Waals surface area contributed by atoms with Crippen LogP contribution in [0.5, 0.6) is 0 Å². The van der Waals surface area contributed by atoms with E-state index >= 15 is 0 Å². The first-order chi connectivity index (χ1) is 10.6. The van der Waals surface area contributed by atoms with Crippen LogP contribution in [0.25, 0.3) is 0 Å². The minimum absolute atomic E-state index is 0.000548. The zero-order valence-electron chi connectivity index (χ0n) is 13.3. The summed E-state index contributed by atoms with van der Waals surface area (Å²) in [4.78, 5) is 22.1.